The molecular formula is C22H33N3O2. The van der Waals surface area contributed by atoms with Crippen molar-refractivity contribution in [1.29, 1.82) is 0 Å². The van der Waals surface area contributed by atoms with Gasteiger partial charge >= 0.3 is 0 Å². The molecule has 1 aromatic rings. The largest absolute Gasteiger partial charge is 0.352 e. The topological polar surface area (TPSA) is 61.4 Å². The van der Waals surface area contributed by atoms with Crippen molar-refractivity contribution in [2.24, 2.45) is 5.92 Å². The van der Waals surface area contributed by atoms with Crippen molar-refractivity contribution in [3.63, 3.8) is 0 Å². The van der Waals surface area contributed by atoms with Crippen molar-refractivity contribution in [3.8, 4) is 0 Å². The molecule has 0 bridgehead atoms. The lowest BCUT2D eigenvalue weighted by atomic mass is 9.93. The smallest absolute Gasteiger partial charge is 0.242 e. The summed E-state index contributed by atoms with van der Waals surface area (Å²) in [6, 6.07) is 8.20. The Hall–Kier alpha value is -1.88. The fourth-order valence-corrected chi connectivity index (χ4v) is 4.44. The average molecular weight is 372 g/mol. The van der Waals surface area contributed by atoms with Crippen molar-refractivity contribution in [1.82, 2.24) is 15.5 Å². The van der Waals surface area contributed by atoms with Gasteiger partial charge in [0.1, 0.15) is 6.04 Å². The van der Waals surface area contributed by atoms with E-state index in [1.807, 2.05) is 0 Å². The van der Waals surface area contributed by atoms with E-state index in [2.05, 4.69) is 53.6 Å². The molecule has 0 radical (unpaired) electrons. The highest BCUT2D eigenvalue weighted by molar-refractivity contribution is 5.87. The number of carbonyl (C=O) groups excluding carboxylic acids is 2. The molecule has 3 rings (SSSR count). The van der Waals surface area contributed by atoms with Crippen molar-refractivity contribution in [2.75, 3.05) is 13.1 Å². The third kappa shape index (κ3) is 4.89. The van der Waals surface area contributed by atoms with Gasteiger partial charge < -0.3 is 10.6 Å². The van der Waals surface area contributed by atoms with Gasteiger partial charge in [0, 0.05) is 32.1 Å². The number of benzene rings is 1. The predicted molar refractivity (Wildman–Crippen MR) is 107 cm³/mol. The minimum absolute atomic E-state index is 0.0393. The van der Waals surface area contributed by atoms with E-state index < -0.39 is 6.04 Å². The quantitative estimate of drug-likeness (QED) is 0.808. The second-order valence-corrected chi connectivity index (χ2v) is 8.69. The number of amides is 2. The van der Waals surface area contributed by atoms with E-state index in [1.54, 1.807) is 0 Å². The Morgan fingerprint density at radius 1 is 1.19 bits per heavy atom. The maximum absolute atomic E-state index is 12.8. The minimum atomic E-state index is -0.400. The Morgan fingerprint density at radius 3 is 2.52 bits per heavy atom. The van der Waals surface area contributed by atoms with Crippen LogP contribution in [0.5, 0.6) is 0 Å². The summed E-state index contributed by atoms with van der Waals surface area (Å²) in [6.45, 7) is 8.35. The molecule has 1 atom stereocenters. The summed E-state index contributed by atoms with van der Waals surface area (Å²) in [7, 11) is 0. The first kappa shape index (κ1) is 19.9. The van der Waals surface area contributed by atoms with Gasteiger partial charge in [0.15, 0.2) is 0 Å². The lowest BCUT2D eigenvalue weighted by Crippen LogP contribution is -2.56. The molecule has 2 amide bonds. The lowest BCUT2D eigenvalue weighted by molar-refractivity contribution is -0.129. The number of nitrogens with one attached hydrogen (secondary N) is 2. The zero-order valence-electron chi connectivity index (χ0n) is 16.9. The summed E-state index contributed by atoms with van der Waals surface area (Å²) < 4.78 is 0. The van der Waals surface area contributed by atoms with Gasteiger partial charge in [-0.25, -0.2) is 0 Å². The van der Waals surface area contributed by atoms with Crippen molar-refractivity contribution in [3.05, 3.63) is 35.4 Å². The fraction of sp³-hybridized carbons (Fsp3) is 0.636. The van der Waals surface area contributed by atoms with Gasteiger partial charge in [-0.3, -0.25) is 14.5 Å². The summed E-state index contributed by atoms with van der Waals surface area (Å²) in [5.41, 5.74) is 2.67. The molecule has 27 heavy (non-hydrogen) atoms. The van der Waals surface area contributed by atoms with Gasteiger partial charge in [-0.15, -0.1) is 0 Å². The molecule has 1 fully saturated rings. The summed E-state index contributed by atoms with van der Waals surface area (Å²) >= 11 is 0. The first-order chi connectivity index (χ1) is 12.9. The van der Waals surface area contributed by atoms with Crippen LogP contribution in [-0.4, -0.2) is 41.4 Å². The van der Waals surface area contributed by atoms with E-state index >= 15 is 0 Å². The summed E-state index contributed by atoms with van der Waals surface area (Å²) in [4.78, 5) is 26.9. The standard InChI is InChI=1S/C22H33N3O2/c1-16(26)24-20(18-9-5-6-10-18)21(27)23-15-22(2,3)25-13-12-17-8-4-7-11-19(17)14-25/h4,7-8,11,18,20H,5-6,9-10,12-15H2,1-3H3,(H,23,27)(H,24,26). The Morgan fingerprint density at radius 2 is 1.85 bits per heavy atom. The van der Waals surface area contributed by atoms with Gasteiger partial charge in [0.05, 0.1) is 0 Å². The van der Waals surface area contributed by atoms with Crippen molar-refractivity contribution in [2.45, 2.75) is 71.0 Å². The van der Waals surface area contributed by atoms with Crippen LogP contribution in [0, 0.1) is 5.92 Å². The number of hydrogen-bond acceptors (Lipinski definition) is 3. The number of rotatable bonds is 6. The normalized spacial score (nSPS) is 19.4. The minimum Gasteiger partial charge on any atom is -0.352 e. The van der Waals surface area contributed by atoms with Gasteiger partial charge in [-0.05, 0) is 50.2 Å². The third-order valence-corrected chi connectivity index (χ3v) is 6.19. The van der Waals surface area contributed by atoms with Crippen LogP contribution in [0.4, 0.5) is 0 Å². The van der Waals surface area contributed by atoms with E-state index in [9.17, 15) is 9.59 Å². The molecule has 1 heterocycles. The van der Waals surface area contributed by atoms with E-state index in [4.69, 9.17) is 0 Å². The molecule has 0 aromatic heterocycles. The molecule has 5 heteroatoms. The second-order valence-electron chi connectivity index (χ2n) is 8.69. The Bertz CT molecular complexity index is 680. The van der Waals surface area contributed by atoms with Crippen molar-refractivity contribution >= 4 is 11.8 Å². The highest BCUT2D eigenvalue weighted by atomic mass is 16.2. The molecule has 2 aliphatic rings. The Labute approximate surface area is 162 Å². The number of hydrogen-bond donors (Lipinski definition) is 2. The van der Waals surface area contributed by atoms with Crippen LogP contribution in [0.3, 0.4) is 0 Å². The fourth-order valence-electron chi connectivity index (χ4n) is 4.44. The zero-order valence-corrected chi connectivity index (χ0v) is 16.9. The number of carbonyl (C=O) groups is 2. The molecule has 1 aliphatic carbocycles. The molecule has 1 aliphatic heterocycles. The van der Waals surface area contributed by atoms with Gasteiger partial charge in [-0.1, -0.05) is 37.1 Å². The van der Waals surface area contributed by atoms with E-state index in [0.29, 0.717) is 6.54 Å². The summed E-state index contributed by atoms with van der Waals surface area (Å²) in [6.07, 6.45) is 5.37. The molecule has 1 unspecified atom stereocenters. The van der Waals surface area contributed by atoms with E-state index in [-0.39, 0.29) is 23.3 Å². The van der Waals surface area contributed by atoms with E-state index in [1.165, 1.54) is 18.1 Å². The van der Waals surface area contributed by atoms with Crippen LogP contribution in [0.2, 0.25) is 0 Å². The highest BCUT2D eigenvalue weighted by Gasteiger charge is 2.34. The molecule has 5 nitrogen and oxygen atoms in total. The van der Waals surface area contributed by atoms with Crippen LogP contribution in [-0.2, 0) is 22.6 Å². The maximum Gasteiger partial charge on any atom is 0.242 e. The van der Waals surface area contributed by atoms with Gasteiger partial charge in [-0.2, -0.15) is 0 Å². The highest BCUT2D eigenvalue weighted by Crippen LogP contribution is 2.28. The molecule has 148 valence electrons. The molecular weight excluding hydrogens is 338 g/mol. The molecule has 0 saturated heterocycles. The maximum atomic E-state index is 12.8. The SMILES string of the molecule is CC(=O)NC(C(=O)NCC(C)(C)N1CCc2ccccc2C1)C1CCCC1. The first-order valence-electron chi connectivity index (χ1n) is 10.2. The molecule has 0 spiro atoms. The lowest BCUT2D eigenvalue weighted by Gasteiger charge is -2.42. The Kier molecular flexibility index (Phi) is 6.20. The molecule has 1 aromatic carbocycles. The molecule has 2 N–H and O–H groups in total. The van der Waals surface area contributed by atoms with Crippen LogP contribution >= 0.6 is 0 Å². The van der Waals surface area contributed by atoms with Crippen LogP contribution in [0.15, 0.2) is 24.3 Å². The first-order valence-corrected chi connectivity index (χ1v) is 10.2. The monoisotopic (exact) mass is 371 g/mol. The summed E-state index contributed by atoms with van der Waals surface area (Å²) in [5.74, 6) is 0.0930. The zero-order chi connectivity index (χ0) is 19.4. The number of fused-ring (bicyclic) bond motifs is 1. The second kappa shape index (κ2) is 8.42. The number of nitrogens with zero attached hydrogens (tertiary/aromatic N) is 1. The van der Waals surface area contributed by atoms with Crippen LogP contribution < -0.4 is 10.6 Å². The predicted octanol–water partition coefficient (Wildman–Crippen LogP) is 2.63. The van der Waals surface area contributed by atoms with Crippen LogP contribution in [0.1, 0.15) is 57.6 Å². The Balaban J connectivity index is 1.60. The van der Waals surface area contributed by atoms with Crippen molar-refractivity contribution < 1.29 is 9.59 Å². The van der Waals surface area contributed by atoms with Gasteiger partial charge in [0.2, 0.25) is 11.8 Å². The summed E-state index contributed by atoms with van der Waals surface area (Å²) in [5, 5.41) is 6.02. The van der Waals surface area contributed by atoms with Crippen LogP contribution in [0.25, 0.3) is 0 Å². The third-order valence-electron chi connectivity index (χ3n) is 6.19. The van der Waals surface area contributed by atoms with Gasteiger partial charge in [0.25, 0.3) is 0 Å². The average Bonchev–Trinajstić information content (AvgIpc) is 3.18. The molecule has 1 saturated carbocycles. The van der Waals surface area contributed by atoms with E-state index in [0.717, 1.165) is 45.2 Å².